The number of hydrogen-bond acceptors (Lipinski definition) is 2. The van der Waals surface area contributed by atoms with Crippen LogP contribution in [-0.2, 0) is 0 Å². The van der Waals surface area contributed by atoms with Gasteiger partial charge in [0.25, 0.3) is 0 Å². The van der Waals surface area contributed by atoms with Crippen LogP contribution in [0.3, 0.4) is 0 Å². The summed E-state index contributed by atoms with van der Waals surface area (Å²) < 4.78 is 0. The molecule has 0 amide bonds. The second-order valence-corrected chi connectivity index (χ2v) is 5.97. The summed E-state index contributed by atoms with van der Waals surface area (Å²) in [6, 6.07) is 0.737. The van der Waals surface area contributed by atoms with Crippen molar-refractivity contribution in [3.8, 4) is 0 Å². The van der Waals surface area contributed by atoms with Crippen molar-refractivity contribution in [3.63, 3.8) is 0 Å². The minimum absolute atomic E-state index is 0.469. The van der Waals surface area contributed by atoms with Crippen LogP contribution >= 0.6 is 11.8 Å². The summed E-state index contributed by atoms with van der Waals surface area (Å²) in [6.45, 7) is 7.08. The Kier molecular flexibility index (Phi) is 2.16. The number of nitrogens with one attached hydrogen (secondary N) is 1. The Morgan fingerprint density at radius 3 is 2.58 bits per heavy atom. The lowest BCUT2D eigenvalue weighted by Crippen LogP contribution is -2.63. The third-order valence-corrected chi connectivity index (χ3v) is 5.23. The quantitative estimate of drug-likeness (QED) is 0.622. The molecule has 1 saturated carbocycles. The maximum Gasteiger partial charge on any atom is 0.0678 e. The van der Waals surface area contributed by atoms with E-state index in [0.29, 0.717) is 4.87 Å². The lowest BCUT2D eigenvalue weighted by atomic mass is 9.70. The van der Waals surface area contributed by atoms with Gasteiger partial charge in [-0.2, -0.15) is 0 Å². The van der Waals surface area contributed by atoms with Gasteiger partial charge < -0.3 is 5.32 Å². The Morgan fingerprint density at radius 2 is 2.08 bits per heavy atom. The van der Waals surface area contributed by atoms with Crippen molar-refractivity contribution in [1.29, 1.82) is 0 Å². The highest BCUT2D eigenvalue weighted by Crippen LogP contribution is 2.52. The molecule has 0 aromatic heterocycles. The molecule has 2 heteroatoms. The van der Waals surface area contributed by atoms with Crippen LogP contribution in [0, 0.1) is 11.8 Å². The Labute approximate surface area is 79.7 Å². The maximum atomic E-state index is 3.77. The van der Waals surface area contributed by atoms with Gasteiger partial charge in [-0.1, -0.05) is 13.8 Å². The minimum Gasteiger partial charge on any atom is -0.300 e. The van der Waals surface area contributed by atoms with E-state index >= 15 is 0 Å². The largest absolute Gasteiger partial charge is 0.300 e. The normalized spacial score (nSPS) is 53.8. The Balaban J connectivity index is 2.02. The van der Waals surface area contributed by atoms with Crippen LogP contribution in [0.25, 0.3) is 0 Å². The van der Waals surface area contributed by atoms with Crippen LogP contribution in [0.15, 0.2) is 0 Å². The van der Waals surface area contributed by atoms with Gasteiger partial charge in [-0.15, -0.1) is 11.8 Å². The van der Waals surface area contributed by atoms with E-state index in [2.05, 4.69) is 37.8 Å². The van der Waals surface area contributed by atoms with Crippen molar-refractivity contribution in [3.05, 3.63) is 0 Å². The monoisotopic (exact) mass is 185 g/mol. The molecule has 1 heterocycles. The maximum absolute atomic E-state index is 3.77. The lowest BCUT2D eigenvalue weighted by molar-refractivity contribution is 0.0931. The smallest absolute Gasteiger partial charge is 0.0678 e. The average molecular weight is 185 g/mol. The first-order chi connectivity index (χ1) is 5.64. The zero-order valence-corrected chi connectivity index (χ0v) is 9.08. The molecule has 1 aliphatic heterocycles. The van der Waals surface area contributed by atoms with Gasteiger partial charge in [-0.3, -0.25) is 0 Å². The van der Waals surface area contributed by atoms with Gasteiger partial charge in [-0.25, -0.2) is 0 Å². The van der Waals surface area contributed by atoms with Crippen molar-refractivity contribution in [2.45, 2.75) is 44.5 Å². The van der Waals surface area contributed by atoms with Gasteiger partial charge in [0, 0.05) is 6.04 Å². The van der Waals surface area contributed by atoms with Crippen LogP contribution in [0.4, 0.5) is 0 Å². The molecule has 1 aliphatic carbocycles. The molecule has 1 N–H and O–H groups in total. The molecule has 70 valence electrons. The highest BCUT2D eigenvalue weighted by atomic mass is 32.2. The molecule has 0 aromatic carbocycles. The summed E-state index contributed by atoms with van der Waals surface area (Å²) in [5.74, 6) is 3.14. The lowest BCUT2D eigenvalue weighted by Gasteiger charge is -2.56. The SMILES string of the molecule is CC1CCSC2(CC(C)C2C)N1. The van der Waals surface area contributed by atoms with E-state index in [1.165, 1.54) is 18.6 Å². The van der Waals surface area contributed by atoms with Crippen molar-refractivity contribution in [2.24, 2.45) is 11.8 Å². The van der Waals surface area contributed by atoms with Crippen LogP contribution in [0.1, 0.15) is 33.6 Å². The topological polar surface area (TPSA) is 12.0 Å². The van der Waals surface area contributed by atoms with E-state index < -0.39 is 0 Å². The van der Waals surface area contributed by atoms with Crippen LogP contribution in [-0.4, -0.2) is 16.7 Å². The summed E-state index contributed by atoms with van der Waals surface area (Å²) >= 11 is 2.16. The molecule has 2 rings (SSSR count). The Hall–Kier alpha value is 0.310. The van der Waals surface area contributed by atoms with Crippen LogP contribution in [0.2, 0.25) is 0 Å². The molecule has 0 aromatic rings. The van der Waals surface area contributed by atoms with Gasteiger partial charge in [0.2, 0.25) is 0 Å². The molecule has 1 saturated heterocycles. The summed E-state index contributed by atoms with van der Waals surface area (Å²) in [4.78, 5) is 0.469. The first-order valence-corrected chi connectivity index (χ1v) is 6.04. The molecule has 4 unspecified atom stereocenters. The summed E-state index contributed by atoms with van der Waals surface area (Å²) in [5.41, 5.74) is 0. The molecule has 12 heavy (non-hydrogen) atoms. The van der Waals surface area contributed by atoms with E-state index in [-0.39, 0.29) is 0 Å². The van der Waals surface area contributed by atoms with E-state index in [9.17, 15) is 0 Å². The second kappa shape index (κ2) is 2.91. The Morgan fingerprint density at radius 1 is 1.33 bits per heavy atom. The van der Waals surface area contributed by atoms with E-state index in [0.717, 1.165) is 17.9 Å². The van der Waals surface area contributed by atoms with Gasteiger partial charge in [-0.05, 0) is 37.4 Å². The molecule has 0 bridgehead atoms. The average Bonchev–Trinajstić information content (AvgIpc) is 2.04. The van der Waals surface area contributed by atoms with Crippen molar-refractivity contribution in [2.75, 3.05) is 5.75 Å². The zero-order valence-electron chi connectivity index (χ0n) is 8.26. The van der Waals surface area contributed by atoms with Gasteiger partial charge in [0.1, 0.15) is 0 Å². The molecule has 4 atom stereocenters. The highest BCUT2D eigenvalue weighted by molar-refractivity contribution is 8.00. The summed E-state index contributed by atoms with van der Waals surface area (Å²) in [5, 5.41) is 3.77. The number of thioether (sulfide) groups is 1. The molecule has 1 spiro atoms. The van der Waals surface area contributed by atoms with Gasteiger partial charge in [0.05, 0.1) is 4.87 Å². The predicted molar refractivity (Wildman–Crippen MR) is 55.3 cm³/mol. The molecule has 2 fully saturated rings. The second-order valence-electron chi connectivity index (χ2n) is 4.54. The fraction of sp³-hybridized carbons (Fsp3) is 1.00. The first-order valence-electron chi connectivity index (χ1n) is 5.06. The van der Waals surface area contributed by atoms with Crippen molar-refractivity contribution < 1.29 is 0 Å². The van der Waals surface area contributed by atoms with Gasteiger partial charge in [0.15, 0.2) is 0 Å². The fourth-order valence-corrected chi connectivity index (χ4v) is 4.47. The van der Waals surface area contributed by atoms with Crippen molar-refractivity contribution in [1.82, 2.24) is 5.32 Å². The summed E-state index contributed by atoms with van der Waals surface area (Å²) in [6.07, 6.45) is 2.72. The molecular weight excluding hydrogens is 166 g/mol. The third-order valence-electron chi connectivity index (χ3n) is 3.62. The van der Waals surface area contributed by atoms with Gasteiger partial charge >= 0.3 is 0 Å². The van der Waals surface area contributed by atoms with Crippen LogP contribution < -0.4 is 5.32 Å². The highest BCUT2D eigenvalue weighted by Gasteiger charge is 2.51. The van der Waals surface area contributed by atoms with E-state index in [4.69, 9.17) is 0 Å². The molecule has 1 nitrogen and oxygen atoms in total. The first kappa shape index (κ1) is 8.89. The van der Waals surface area contributed by atoms with E-state index in [1.807, 2.05) is 0 Å². The number of hydrogen-bond donors (Lipinski definition) is 1. The third kappa shape index (κ3) is 1.20. The zero-order chi connectivity index (χ0) is 8.77. The molecule has 2 aliphatic rings. The predicted octanol–water partition coefficient (Wildman–Crippen LogP) is 2.47. The standard InChI is InChI=1S/C10H19NS/c1-7-6-10(9(7)3)11-8(2)4-5-12-10/h7-9,11H,4-6H2,1-3H3. The minimum atomic E-state index is 0.469. The van der Waals surface area contributed by atoms with Crippen LogP contribution in [0.5, 0.6) is 0 Å². The summed E-state index contributed by atoms with van der Waals surface area (Å²) in [7, 11) is 0. The fourth-order valence-electron chi connectivity index (χ4n) is 2.47. The molecule has 0 radical (unpaired) electrons. The Bertz CT molecular complexity index is 179. The number of rotatable bonds is 0. The van der Waals surface area contributed by atoms with E-state index in [1.54, 1.807) is 0 Å². The van der Waals surface area contributed by atoms with Crippen molar-refractivity contribution >= 4 is 11.8 Å². The molecular formula is C10H19NS.